The third-order valence-corrected chi connectivity index (χ3v) is 3.88. The molecule has 0 bridgehead atoms. The Kier molecular flexibility index (Phi) is 2.32. The lowest BCUT2D eigenvalue weighted by atomic mass is 9.92. The molecule has 2 aromatic carbocycles. The van der Waals surface area contributed by atoms with Gasteiger partial charge in [-0.05, 0) is 18.2 Å². The van der Waals surface area contributed by atoms with E-state index in [1.165, 1.54) is 18.2 Å². The predicted octanol–water partition coefficient (Wildman–Crippen LogP) is 2.25. The van der Waals surface area contributed by atoms with Crippen molar-refractivity contribution in [3.8, 4) is 0 Å². The van der Waals surface area contributed by atoms with Crippen molar-refractivity contribution in [1.82, 2.24) is 0 Å². The molecule has 2 aromatic rings. The van der Waals surface area contributed by atoms with Crippen molar-refractivity contribution in [2.75, 3.05) is 5.32 Å². The average Bonchev–Trinajstić information content (AvgIpc) is 3.19. The van der Waals surface area contributed by atoms with Crippen molar-refractivity contribution in [2.45, 2.75) is 11.7 Å². The number of fused-ring (bicyclic) bond motifs is 2. The van der Waals surface area contributed by atoms with Crippen molar-refractivity contribution < 1.29 is 18.7 Å². The molecule has 1 fully saturated rings. The van der Waals surface area contributed by atoms with E-state index in [0.717, 1.165) is 0 Å². The first-order chi connectivity index (χ1) is 10.1. The van der Waals surface area contributed by atoms with E-state index in [0.29, 0.717) is 16.8 Å². The number of amides is 1. The number of benzene rings is 2. The van der Waals surface area contributed by atoms with Gasteiger partial charge in [-0.2, -0.15) is 0 Å². The van der Waals surface area contributed by atoms with Gasteiger partial charge in [0.1, 0.15) is 5.82 Å². The van der Waals surface area contributed by atoms with Gasteiger partial charge >= 0.3 is 0 Å². The zero-order chi connectivity index (χ0) is 14.6. The minimum absolute atomic E-state index is 0.275. The van der Waals surface area contributed by atoms with Crippen LogP contribution in [0.4, 0.5) is 10.1 Å². The van der Waals surface area contributed by atoms with Crippen LogP contribution in [0.2, 0.25) is 0 Å². The number of epoxide rings is 1. The Hall–Kier alpha value is -2.53. The van der Waals surface area contributed by atoms with Gasteiger partial charge in [-0.25, -0.2) is 4.39 Å². The number of hydrogen-bond donors (Lipinski definition) is 1. The van der Waals surface area contributed by atoms with Gasteiger partial charge in [-0.1, -0.05) is 30.3 Å². The maximum atomic E-state index is 13.4. The number of rotatable bonds is 2. The number of carbonyl (C=O) groups is 2. The molecule has 21 heavy (non-hydrogen) atoms. The third-order valence-electron chi connectivity index (χ3n) is 3.88. The second-order valence-electron chi connectivity index (χ2n) is 5.11. The lowest BCUT2D eigenvalue weighted by Crippen LogP contribution is -2.27. The van der Waals surface area contributed by atoms with Crippen LogP contribution >= 0.6 is 0 Å². The van der Waals surface area contributed by atoms with Crippen molar-refractivity contribution in [3.63, 3.8) is 0 Å². The van der Waals surface area contributed by atoms with Gasteiger partial charge in [0.25, 0.3) is 5.91 Å². The summed E-state index contributed by atoms with van der Waals surface area (Å²) in [6.45, 7) is 0. The number of ether oxygens (including phenoxy) is 1. The summed E-state index contributed by atoms with van der Waals surface area (Å²) in [6.07, 6.45) is -0.900. The third kappa shape index (κ3) is 1.58. The number of anilines is 1. The summed E-state index contributed by atoms with van der Waals surface area (Å²) in [7, 11) is 0. The first-order valence-electron chi connectivity index (χ1n) is 6.51. The van der Waals surface area contributed by atoms with Gasteiger partial charge in [-0.15, -0.1) is 0 Å². The van der Waals surface area contributed by atoms with Crippen LogP contribution in [0.1, 0.15) is 15.9 Å². The lowest BCUT2D eigenvalue weighted by molar-refractivity contribution is -0.120. The molecule has 2 atom stereocenters. The number of carbonyl (C=O) groups excluding carboxylic acids is 2. The molecule has 0 unspecified atom stereocenters. The topological polar surface area (TPSA) is 58.7 Å². The van der Waals surface area contributed by atoms with Crippen molar-refractivity contribution in [2.24, 2.45) is 0 Å². The van der Waals surface area contributed by atoms with Crippen LogP contribution in [-0.4, -0.2) is 17.8 Å². The Morgan fingerprint density at radius 3 is 2.71 bits per heavy atom. The molecule has 4 rings (SSSR count). The van der Waals surface area contributed by atoms with Crippen LogP contribution in [0.3, 0.4) is 0 Å². The second kappa shape index (κ2) is 3.99. The van der Waals surface area contributed by atoms with Gasteiger partial charge in [0.05, 0.1) is 0 Å². The molecule has 2 heterocycles. The van der Waals surface area contributed by atoms with E-state index in [1.54, 1.807) is 30.3 Å². The summed E-state index contributed by atoms with van der Waals surface area (Å²) in [5.41, 5.74) is -0.0201. The molecule has 1 N–H and O–H groups in total. The number of nitrogens with one attached hydrogen (secondary N) is 1. The standard InChI is InChI=1S/C16H10FNO3/c17-10-6-7-12-11(8-10)16(15(20)18-12)14(21-16)13(19)9-4-2-1-3-5-9/h1-8,14H,(H,18,20)/t14-,16-/m0/s1. The molecular weight excluding hydrogens is 273 g/mol. The van der Waals surface area contributed by atoms with E-state index in [2.05, 4.69) is 5.32 Å². The number of Topliss-reactive ketones (excluding diaryl/α,β-unsaturated/α-hetero) is 1. The Morgan fingerprint density at radius 1 is 1.19 bits per heavy atom. The average molecular weight is 283 g/mol. The molecule has 1 spiro atoms. The molecule has 104 valence electrons. The highest BCUT2D eigenvalue weighted by molar-refractivity contribution is 6.15. The lowest BCUT2D eigenvalue weighted by Gasteiger charge is -2.03. The van der Waals surface area contributed by atoms with Gasteiger partial charge in [0, 0.05) is 16.8 Å². The molecule has 2 aliphatic rings. The van der Waals surface area contributed by atoms with Crippen LogP contribution < -0.4 is 5.32 Å². The van der Waals surface area contributed by atoms with Crippen molar-refractivity contribution in [3.05, 3.63) is 65.5 Å². The first kappa shape index (κ1) is 12.2. The van der Waals surface area contributed by atoms with Crippen LogP contribution in [0.15, 0.2) is 48.5 Å². The smallest absolute Gasteiger partial charge is 0.264 e. The number of ketones is 1. The molecule has 0 aliphatic carbocycles. The van der Waals surface area contributed by atoms with E-state index in [4.69, 9.17) is 4.74 Å². The molecule has 1 saturated heterocycles. The SMILES string of the molecule is O=C(c1ccccc1)[C@@H]1O[C@]12C(=O)Nc1ccc(F)cc12. The summed E-state index contributed by atoms with van der Waals surface area (Å²) in [4.78, 5) is 24.6. The normalized spacial score (nSPS) is 25.6. The fourth-order valence-corrected chi connectivity index (χ4v) is 2.79. The fourth-order valence-electron chi connectivity index (χ4n) is 2.79. The summed E-state index contributed by atoms with van der Waals surface area (Å²) in [6, 6.07) is 12.6. The number of halogens is 1. The van der Waals surface area contributed by atoms with Gasteiger partial charge in [0.2, 0.25) is 5.60 Å². The van der Waals surface area contributed by atoms with E-state index in [-0.39, 0.29) is 5.78 Å². The molecule has 1 amide bonds. The summed E-state index contributed by atoms with van der Waals surface area (Å²) < 4.78 is 18.9. The Balaban J connectivity index is 1.74. The maximum Gasteiger partial charge on any atom is 0.264 e. The van der Waals surface area contributed by atoms with Gasteiger partial charge in [0.15, 0.2) is 11.9 Å². The van der Waals surface area contributed by atoms with Gasteiger partial charge < -0.3 is 10.1 Å². The number of hydrogen-bond acceptors (Lipinski definition) is 3. The zero-order valence-electron chi connectivity index (χ0n) is 10.8. The highest BCUT2D eigenvalue weighted by Crippen LogP contribution is 2.54. The molecule has 2 aliphatic heterocycles. The van der Waals surface area contributed by atoms with E-state index in [9.17, 15) is 14.0 Å². The molecule has 5 heteroatoms. The van der Waals surface area contributed by atoms with Crippen LogP contribution in [-0.2, 0) is 15.1 Å². The van der Waals surface area contributed by atoms with E-state index >= 15 is 0 Å². The van der Waals surface area contributed by atoms with Crippen molar-refractivity contribution in [1.29, 1.82) is 0 Å². The summed E-state index contributed by atoms with van der Waals surface area (Å²) in [5, 5.41) is 2.63. The Bertz CT molecular complexity index is 774. The zero-order valence-corrected chi connectivity index (χ0v) is 10.8. The summed E-state index contributed by atoms with van der Waals surface area (Å²) in [5.74, 6) is -1.16. The van der Waals surface area contributed by atoms with E-state index in [1.807, 2.05) is 0 Å². The molecule has 0 saturated carbocycles. The predicted molar refractivity (Wildman–Crippen MR) is 72.4 cm³/mol. The molecule has 0 aromatic heterocycles. The van der Waals surface area contributed by atoms with Crippen molar-refractivity contribution >= 4 is 17.4 Å². The largest absolute Gasteiger partial charge is 0.342 e. The van der Waals surface area contributed by atoms with Gasteiger partial charge in [-0.3, -0.25) is 9.59 Å². The van der Waals surface area contributed by atoms with Crippen LogP contribution in [0.25, 0.3) is 0 Å². The first-order valence-corrected chi connectivity index (χ1v) is 6.51. The Labute approximate surface area is 119 Å². The second-order valence-corrected chi connectivity index (χ2v) is 5.11. The molecule has 4 nitrogen and oxygen atoms in total. The maximum absolute atomic E-state index is 13.4. The quantitative estimate of drug-likeness (QED) is 0.679. The highest BCUT2D eigenvalue weighted by atomic mass is 19.1. The fraction of sp³-hybridized carbons (Fsp3) is 0.125. The van der Waals surface area contributed by atoms with E-state index < -0.39 is 23.4 Å². The summed E-state index contributed by atoms with van der Waals surface area (Å²) >= 11 is 0. The van der Waals surface area contributed by atoms with Crippen LogP contribution in [0.5, 0.6) is 0 Å². The molecular formula is C16H10FNO3. The minimum atomic E-state index is -1.37. The highest BCUT2D eigenvalue weighted by Gasteiger charge is 2.70. The minimum Gasteiger partial charge on any atom is -0.342 e. The molecule has 0 radical (unpaired) electrons. The Morgan fingerprint density at radius 2 is 1.95 bits per heavy atom. The van der Waals surface area contributed by atoms with Crippen LogP contribution in [0, 0.1) is 5.82 Å². The monoisotopic (exact) mass is 283 g/mol.